The van der Waals surface area contributed by atoms with Crippen LogP contribution in [0.25, 0.3) is 0 Å². The summed E-state index contributed by atoms with van der Waals surface area (Å²) < 4.78 is 29.2. The highest BCUT2D eigenvalue weighted by Gasteiger charge is 2.20. The van der Waals surface area contributed by atoms with E-state index in [4.69, 9.17) is 5.73 Å². The summed E-state index contributed by atoms with van der Waals surface area (Å²) in [6.45, 7) is 0. The number of aromatic hydroxyl groups is 2. The van der Waals surface area contributed by atoms with Crippen molar-refractivity contribution < 1.29 is 23.7 Å². The van der Waals surface area contributed by atoms with Gasteiger partial charge >= 0.3 is 0 Å². The Kier molecular flexibility index (Phi) is 3.31. The fraction of sp³-hybridized carbons (Fsp3) is 0.333. The van der Waals surface area contributed by atoms with Gasteiger partial charge in [0.05, 0.1) is 13.2 Å². The van der Waals surface area contributed by atoms with Crippen LogP contribution in [-0.4, -0.2) is 23.7 Å². The van der Waals surface area contributed by atoms with Gasteiger partial charge in [0.15, 0.2) is 11.5 Å². The summed E-state index contributed by atoms with van der Waals surface area (Å²) in [4.78, 5) is 0. The lowest BCUT2D eigenvalue weighted by atomic mass is 10.1. The average molecular weight is 219 g/mol. The van der Waals surface area contributed by atoms with Crippen LogP contribution in [-0.2, 0) is 0 Å². The predicted octanol–water partition coefficient (Wildman–Crippen LogP) is 1.37. The molecular weight excluding hydrogens is 208 g/mol. The van der Waals surface area contributed by atoms with Crippen LogP contribution in [0.4, 0.5) is 8.78 Å². The molecule has 1 unspecified atom stereocenters. The number of hydrogen-bond donors (Lipinski definition) is 3. The van der Waals surface area contributed by atoms with E-state index in [1.54, 1.807) is 0 Å². The minimum absolute atomic E-state index is 0.00264. The predicted molar refractivity (Wildman–Crippen MR) is 49.3 cm³/mol. The Labute approximate surface area is 84.9 Å². The van der Waals surface area contributed by atoms with Gasteiger partial charge in [0, 0.05) is 0 Å². The quantitative estimate of drug-likeness (QED) is 0.671. The Morgan fingerprint density at radius 2 is 1.93 bits per heavy atom. The summed E-state index contributed by atoms with van der Waals surface area (Å²) in [5, 5.41) is 18.5. The van der Waals surface area contributed by atoms with Crippen LogP contribution < -0.4 is 10.5 Å². The van der Waals surface area contributed by atoms with Gasteiger partial charge in [-0.2, -0.15) is 0 Å². The van der Waals surface area contributed by atoms with Crippen molar-refractivity contribution in [1.29, 1.82) is 0 Å². The van der Waals surface area contributed by atoms with E-state index in [1.165, 1.54) is 7.11 Å². The van der Waals surface area contributed by atoms with Gasteiger partial charge in [-0.1, -0.05) is 0 Å². The molecule has 4 N–H and O–H groups in total. The molecule has 1 aromatic carbocycles. The number of ether oxygens (including phenoxy) is 1. The van der Waals surface area contributed by atoms with Crippen molar-refractivity contribution in [3.63, 3.8) is 0 Å². The van der Waals surface area contributed by atoms with Crippen LogP contribution in [0.15, 0.2) is 12.1 Å². The second-order valence-corrected chi connectivity index (χ2v) is 2.95. The van der Waals surface area contributed by atoms with Crippen molar-refractivity contribution in [2.24, 2.45) is 5.73 Å². The largest absolute Gasteiger partial charge is 0.504 e. The van der Waals surface area contributed by atoms with Crippen molar-refractivity contribution in [1.82, 2.24) is 0 Å². The van der Waals surface area contributed by atoms with Crippen LogP contribution in [0.1, 0.15) is 11.6 Å². The molecule has 0 heterocycles. The Morgan fingerprint density at radius 3 is 2.40 bits per heavy atom. The number of halogens is 2. The summed E-state index contributed by atoms with van der Waals surface area (Å²) in [6, 6.07) is 0.617. The molecule has 0 spiro atoms. The van der Waals surface area contributed by atoms with E-state index in [9.17, 15) is 19.0 Å². The first-order chi connectivity index (χ1) is 6.97. The second-order valence-electron chi connectivity index (χ2n) is 2.95. The number of benzene rings is 1. The molecule has 0 aromatic heterocycles. The van der Waals surface area contributed by atoms with E-state index in [2.05, 4.69) is 4.74 Å². The van der Waals surface area contributed by atoms with E-state index in [1.807, 2.05) is 0 Å². The van der Waals surface area contributed by atoms with Crippen LogP contribution >= 0.6 is 0 Å². The number of alkyl halides is 2. The summed E-state index contributed by atoms with van der Waals surface area (Å²) >= 11 is 0. The molecule has 0 aliphatic rings. The van der Waals surface area contributed by atoms with E-state index >= 15 is 0 Å². The van der Waals surface area contributed by atoms with Gasteiger partial charge in [0.1, 0.15) is 0 Å². The first-order valence-electron chi connectivity index (χ1n) is 4.11. The van der Waals surface area contributed by atoms with Crippen LogP contribution in [0.2, 0.25) is 0 Å². The van der Waals surface area contributed by atoms with Crippen molar-refractivity contribution >= 4 is 0 Å². The van der Waals surface area contributed by atoms with Crippen molar-refractivity contribution in [3.05, 3.63) is 17.7 Å². The van der Waals surface area contributed by atoms with Crippen molar-refractivity contribution in [2.45, 2.75) is 12.5 Å². The van der Waals surface area contributed by atoms with Gasteiger partial charge in [-0.25, -0.2) is 8.78 Å². The van der Waals surface area contributed by atoms with Gasteiger partial charge in [-0.3, -0.25) is 0 Å². The van der Waals surface area contributed by atoms with Gasteiger partial charge in [-0.15, -0.1) is 0 Å². The average Bonchev–Trinajstić information content (AvgIpc) is 2.20. The molecule has 0 aliphatic heterocycles. The van der Waals surface area contributed by atoms with Crippen molar-refractivity contribution in [2.75, 3.05) is 7.11 Å². The highest BCUT2D eigenvalue weighted by molar-refractivity contribution is 5.52. The Hall–Kier alpha value is -1.56. The molecule has 0 bridgehead atoms. The molecule has 0 saturated carbocycles. The van der Waals surface area contributed by atoms with Crippen LogP contribution in [0.5, 0.6) is 17.2 Å². The summed E-state index contributed by atoms with van der Waals surface area (Å²) in [5.74, 6) is -1.13. The minimum Gasteiger partial charge on any atom is -0.504 e. The standard InChI is InChI=1S/C9H11F2NO3/c1-15-6-3-4(7(12)9(10)11)2-5(13)8(6)14/h2-3,7,9,13-14H,12H2,1H3. The zero-order chi connectivity index (χ0) is 11.6. The first kappa shape index (κ1) is 11.5. The molecule has 0 aliphatic carbocycles. The number of rotatable bonds is 3. The van der Waals surface area contributed by atoms with Crippen molar-refractivity contribution in [3.8, 4) is 17.2 Å². The molecule has 0 fully saturated rings. The van der Waals surface area contributed by atoms with Crippen LogP contribution in [0, 0.1) is 0 Å². The highest BCUT2D eigenvalue weighted by atomic mass is 19.3. The third-order valence-corrected chi connectivity index (χ3v) is 1.95. The third-order valence-electron chi connectivity index (χ3n) is 1.95. The number of methoxy groups -OCH3 is 1. The lowest BCUT2D eigenvalue weighted by molar-refractivity contribution is 0.116. The molecule has 84 valence electrons. The smallest absolute Gasteiger partial charge is 0.257 e. The van der Waals surface area contributed by atoms with Gasteiger partial charge in [0.2, 0.25) is 5.75 Å². The first-order valence-corrected chi connectivity index (χ1v) is 4.11. The fourth-order valence-corrected chi connectivity index (χ4v) is 1.11. The molecule has 1 rings (SSSR count). The monoisotopic (exact) mass is 219 g/mol. The lowest BCUT2D eigenvalue weighted by Crippen LogP contribution is -2.18. The molecule has 6 heteroatoms. The third kappa shape index (κ3) is 2.27. The summed E-state index contributed by atoms with van der Waals surface area (Å²) in [5.41, 5.74) is 5.18. The number of phenols is 2. The van der Waals surface area contributed by atoms with Gasteiger partial charge in [0.25, 0.3) is 6.43 Å². The molecule has 15 heavy (non-hydrogen) atoms. The molecule has 0 radical (unpaired) electrons. The Balaban J connectivity index is 3.16. The van der Waals surface area contributed by atoms with Crippen LogP contribution in [0.3, 0.4) is 0 Å². The topological polar surface area (TPSA) is 75.7 Å². The maximum absolute atomic E-state index is 12.3. The van der Waals surface area contributed by atoms with Gasteiger partial charge in [-0.05, 0) is 17.7 Å². The zero-order valence-electron chi connectivity index (χ0n) is 7.95. The second kappa shape index (κ2) is 4.31. The lowest BCUT2D eigenvalue weighted by Gasteiger charge is -2.13. The van der Waals surface area contributed by atoms with Gasteiger partial charge < -0.3 is 20.7 Å². The fourth-order valence-electron chi connectivity index (χ4n) is 1.11. The number of phenolic OH excluding ortho intramolecular Hbond substituents is 2. The van der Waals surface area contributed by atoms with E-state index in [0.717, 1.165) is 12.1 Å². The molecule has 0 amide bonds. The van der Waals surface area contributed by atoms with E-state index in [0.29, 0.717) is 0 Å². The zero-order valence-corrected chi connectivity index (χ0v) is 7.95. The maximum Gasteiger partial charge on any atom is 0.257 e. The molecule has 1 aromatic rings. The minimum atomic E-state index is -2.75. The number of nitrogens with two attached hydrogens (primary N) is 1. The summed E-state index contributed by atoms with van der Waals surface area (Å²) in [6.07, 6.45) is -2.75. The SMILES string of the molecule is COc1cc(C(N)C(F)F)cc(O)c1O. The highest BCUT2D eigenvalue weighted by Crippen LogP contribution is 2.38. The number of hydrogen-bond acceptors (Lipinski definition) is 4. The Bertz CT molecular complexity index is 357. The molecule has 0 saturated heterocycles. The Morgan fingerprint density at radius 1 is 1.33 bits per heavy atom. The van der Waals surface area contributed by atoms with E-state index in [-0.39, 0.29) is 11.3 Å². The molecule has 1 atom stereocenters. The summed E-state index contributed by atoms with van der Waals surface area (Å²) in [7, 11) is 1.24. The normalized spacial score (nSPS) is 12.9. The maximum atomic E-state index is 12.3. The van der Waals surface area contributed by atoms with E-state index < -0.39 is 24.0 Å². The molecular formula is C9H11F2NO3. The molecule has 4 nitrogen and oxygen atoms in total.